The number of nitrogens with zero attached hydrogens (tertiary/aromatic N) is 1. The molecule has 5 heteroatoms. The number of nitrogens with one attached hydrogen (secondary N) is 1. The van der Waals surface area contributed by atoms with Crippen LogP contribution in [0.5, 0.6) is 11.5 Å². The third-order valence-corrected chi connectivity index (χ3v) is 4.64. The van der Waals surface area contributed by atoms with Crippen LogP contribution >= 0.6 is 0 Å². The number of Topliss-reactive ketones (excluding diaryl/α,β-unsaturated/α-hetero) is 1. The van der Waals surface area contributed by atoms with Gasteiger partial charge in [0.05, 0.1) is 31.8 Å². The zero-order chi connectivity index (χ0) is 17.3. The van der Waals surface area contributed by atoms with Crippen molar-refractivity contribution in [2.24, 2.45) is 0 Å². The van der Waals surface area contributed by atoms with Gasteiger partial charge in [-0.3, -0.25) is 4.79 Å². The summed E-state index contributed by atoms with van der Waals surface area (Å²) in [5.74, 6) is 0.842. The molecule has 0 amide bonds. The van der Waals surface area contributed by atoms with E-state index in [9.17, 15) is 10.1 Å². The van der Waals surface area contributed by atoms with Crippen LogP contribution in [0.25, 0.3) is 0 Å². The van der Waals surface area contributed by atoms with Crippen LogP contribution in [0.3, 0.4) is 0 Å². The minimum Gasteiger partial charge on any atom is -0.493 e. The molecule has 5 nitrogen and oxygen atoms in total. The van der Waals surface area contributed by atoms with Crippen LogP contribution in [-0.2, 0) is 4.79 Å². The van der Waals surface area contributed by atoms with E-state index in [1.165, 1.54) is 0 Å². The number of methoxy groups -OCH3 is 2. The molecule has 1 aliphatic heterocycles. The Morgan fingerprint density at radius 1 is 1.25 bits per heavy atom. The van der Waals surface area contributed by atoms with Gasteiger partial charge in [0.1, 0.15) is 0 Å². The average Bonchev–Trinajstić information content (AvgIpc) is 2.59. The molecule has 1 heterocycles. The maximum Gasteiger partial charge on any atom is 0.164 e. The number of rotatable bonds is 3. The SMILES string of the molecule is COc1cccc([C@@H]2C(C#N)=C(C)NC3=C2C(=O)CCC3)c1OC. The minimum absolute atomic E-state index is 0.0962. The smallest absolute Gasteiger partial charge is 0.164 e. The van der Waals surface area contributed by atoms with Crippen LogP contribution in [0.15, 0.2) is 40.7 Å². The maximum absolute atomic E-state index is 12.6. The van der Waals surface area contributed by atoms with E-state index in [0.717, 1.165) is 29.8 Å². The van der Waals surface area contributed by atoms with Crippen molar-refractivity contribution < 1.29 is 14.3 Å². The monoisotopic (exact) mass is 324 g/mol. The molecule has 1 atom stereocenters. The second-order valence-corrected chi connectivity index (χ2v) is 5.96. The highest BCUT2D eigenvalue weighted by molar-refractivity contribution is 6.00. The second kappa shape index (κ2) is 6.40. The van der Waals surface area contributed by atoms with E-state index in [1.54, 1.807) is 14.2 Å². The molecule has 0 saturated heterocycles. The molecular weight excluding hydrogens is 304 g/mol. The lowest BCUT2D eigenvalue weighted by Crippen LogP contribution is -2.31. The molecule has 1 aromatic rings. The summed E-state index contributed by atoms with van der Waals surface area (Å²) in [7, 11) is 3.15. The molecule has 0 radical (unpaired) electrons. The van der Waals surface area contributed by atoms with Gasteiger partial charge >= 0.3 is 0 Å². The van der Waals surface area contributed by atoms with Crippen molar-refractivity contribution >= 4 is 5.78 Å². The fourth-order valence-electron chi connectivity index (χ4n) is 3.58. The van der Waals surface area contributed by atoms with Crippen LogP contribution in [0, 0.1) is 11.3 Å². The minimum atomic E-state index is -0.413. The first-order valence-electron chi connectivity index (χ1n) is 7.97. The summed E-state index contributed by atoms with van der Waals surface area (Å²) in [5.41, 5.74) is 3.75. The number of benzene rings is 1. The van der Waals surface area contributed by atoms with Gasteiger partial charge in [0.15, 0.2) is 17.3 Å². The molecule has 0 spiro atoms. The Kier molecular flexibility index (Phi) is 4.30. The first-order chi connectivity index (χ1) is 11.6. The molecule has 24 heavy (non-hydrogen) atoms. The average molecular weight is 324 g/mol. The molecule has 0 unspecified atom stereocenters. The number of dihydropyridines is 1. The van der Waals surface area contributed by atoms with E-state index in [0.29, 0.717) is 29.1 Å². The number of hydrogen-bond acceptors (Lipinski definition) is 5. The van der Waals surface area contributed by atoms with Crippen LogP contribution in [0.2, 0.25) is 0 Å². The fourth-order valence-corrected chi connectivity index (χ4v) is 3.58. The zero-order valence-electron chi connectivity index (χ0n) is 14.1. The molecular formula is C19H20N2O3. The van der Waals surface area contributed by atoms with Crippen LogP contribution in [0.1, 0.15) is 37.7 Å². The molecule has 0 aromatic heterocycles. The van der Waals surface area contributed by atoms with Crippen molar-refractivity contribution in [2.75, 3.05) is 14.2 Å². The Bertz CT molecular complexity index is 799. The Hall–Kier alpha value is -2.74. The van der Waals surface area contributed by atoms with Crippen molar-refractivity contribution in [3.8, 4) is 17.6 Å². The topological polar surface area (TPSA) is 71.3 Å². The molecule has 1 aliphatic carbocycles. The highest BCUT2D eigenvalue weighted by Crippen LogP contribution is 2.46. The number of allylic oxidation sites excluding steroid dienone is 4. The lowest BCUT2D eigenvalue weighted by Gasteiger charge is -2.33. The van der Waals surface area contributed by atoms with E-state index >= 15 is 0 Å². The summed E-state index contributed by atoms with van der Waals surface area (Å²) in [5, 5.41) is 13.0. The third-order valence-electron chi connectivity index (χ3n) is 4.64. The fraction of sp³-hybridized carbons (Fsp3) is 0.368. The Morgan fingerprint density at radius 3 is 2.71 bits per heavy atom. The van der Waals surface area contributed by atoms with Gasteiger partial charge in [0, 0.05) is 29.0 Å². The lowest BCUT2D eigenvalue weighted by molar-refractivity contribution is -0.116. The van der Waals surface area contributed by atoms with E-state index < -0.39 is 5.92 Å². The van der Waals surface area contributed by atoms with Gasteiger partial charge in [0.2, 0.25) is 0 Å². The number of ketones is 1. The summed E-state index contributed by atoms with van der Waals surface area (Å²) in [4.78, 5) is 12.6. The van der Waals surface area contributed by atoms with Gasteiger partial charge in [-0.15, -0.1) is 0 Å². The van der Waals surface area contributed by atoms with Crippen LogP contribution < -0.4 is 14.8 Å². The van der Waals surface area contributed by atoms with Gasteiger partial charge in [0.25, 0.3) is 0 Å². The Balaban J connectivity index is 2.26. The van der Waals surface area contributed by atoms with E-state index in [2.05, 4.69) is 11.4 Å². The van der Waals surface area contributed by atoms with Gasteiger partial charge in [-0.2, -0.15) is 5.26 Å². The van der Waals surface area contributed by atoms with Crippen molar-refractivity contribution in [1.29, 1.82) is 5.26 Å². The molecule has 0 fully saturated rings. The van der Waals surface area contributed by atoms with Crippen molar-refractivity contribution in [3.05, 3.63) is 46.3 Å². The highest BCUT2D eigenvalue weighted by atomic mass is 16.5. The Labute approximate surface area is 141 Å². The van der Waals surface area contributed by atoms with Gasteiger partial charge in [-0.05, 0) is 25.8 Å². The molecule has 0 saturated carbocycles. The summed E-state index contributed by atoms with van der Waals surface area (Å²) in [6, 6.07) is 7.84. The standard InChI is InChI=1S/C19H20N2O3/c1-11-13(10-20)17(18-14(21-11)7-5-8-15(18)22)12-6-4-9-16(23-2)19(12)24-3/h4,6,9,17,21H,5,7-8H2,1-3H3/t17-/m1/s1. The van der Waals surface area contributed by atoms with Crippen molar-refractivity contribution in [2.45, 2.75) is 32.1 Å². The number of hydrogen-bond donors (Lipinski definition) is 1. The molecule has 1 N–H and O–H groups in total. The van der Waals surface area contributed by atoms with Crippen LogP contribution in [0.4, 0.5) is 0 Å². The number of nitriles is 1. The lowest BCUT2D eigenvalue weighted by atomic mass is 9.75. The summed E-state index contributed by atoms with van der Waals surface area (Å²) >= 11 is 0. The van der Waals surface area contributed by atoms with Gasteiger partial charge in [-0.1, -0.05) is 12.1 Å². The molecule has 2 aliphatic rings. The zero-order valence-corrected chi connectivity index (χ0v) is 14.1. The normalized spacial score (nSPS) is 20.2. The van der Waals surface area contributed by atoms with Crippen LogP contribution in [-0.4, -0.2) is 20.0 Å². The van der Waals surface area contributed by atoms with Crippen molar-refractivity contribution in [1.82, 2.24) is 5.32 Å². The van der Waals surface area contributed by atoms with Crippen molar-refractivity contribution in [3.63, 3.8) is 0 Å². The summed E-state index contributed by atoms with van der Waals surface area (Å²) in [6.45, 7) is 1.88. The Morgan fingerprint density at radius 2 is 2.04 bits per heavy atom. The predicted molar refractivity (Wildman–Crippen MR) is 89.6 cm³/mol. The first-order valence-corrected chi connectivity index (χ1v) is 7.97. The van der Waals surface area contributed by atoms with E-state index in [1.807, 2.05) is 25.1 Å². The largest absolute Gasteiger partial charge is 0.493 e. The maximum atomic E-state index is 12.6. The second-order valence-electron chi connectivity index (χ2n) is 5.96. The molecule has 0 bridgehead atoms. The number of carbonyl (C=O) groups is 1. The quantitative estimate of drug-likeness (QED) is 0.924. The van der Waals surface area contributed by atoms with E-state index in [4.69, 9.17) is 9.47 Å². The number of carbonyl (C=O) groups excluding carboxylic acids is 1. The first kappa shape index (κ1) is 16.1. The molecule has 1 aromatic carbocycles. The number of ether oxygens (including phenoxy) is 2. The molecule has 124 valence electrons. The highest BCUT2D eigenvalue weighted by Gasteiger charge is 2.37. The van der Waals surface area contributed by atoms with Gasteiger partial charge in [-0.25, -0.2) is 0 Å². The van der Waals surface area contributed by atoms with Gasteiger partial charge < -0.3 is 14.8 Å². The predicted octanol–water partition coefficient (Wildman–Crippen LogP) is 3.20. The third kappa shape index (κ3) is 2.44. The van der Waals surface area contributed by atoms with E-state index in [-0.39, 0.29) is 5.78 Å². The number of para-hydroxylation sites is 1. The summed E-state index contributed by atoms with van der Waals surface area (Å²) in [6.07, 6.45) is 2.17. The molecule has 3 rings (SSSR count). The summed E-state index contributed by atoms with van der Waals surface area (Å²) < 4.78 is 10.9.